The van der Waals surface area contributed by atoms with E-state index in [9.17, 15) is 14.9 Å². The number of amides is 1. The van der Waals surface area contributed by atoms with Gasteiger partial charge in [-0.1, -0.05) is 11.8 Å². The van der Waals surface area contributed by atoms with Crippen LogP contribution in [-0.4, -0.2) is 34.7 Å². The number of aromatic nitrogens is 1. The third kappa shape index (κ3) is 4.86. The number of nitrogens with zero attached hydrogens (tertiary/aromatic N) is 3. The van der Waals surface area contributed by atoms with E-state index in [4.69, 9.17) is 0 Å². The second-order valence-corrected chi connectivity index (χ2v) is 9.07. The molecule has 2 aromatic carbocycles. The van der Waals surface area contributed by atoms with E-state index >= 15 is 0 Å². The van der Waals surface area contributed by atoms with Gasteiger partial charge in [0.15, 0.2) is 4.34 Å². The summed E-state index contributed by atoms with van der Waals surface area (Å²) < 4.78 is 1.46. The lowest BCUT2D eigenvalue weighted by Gasteiger charge is -2.28. The Hall–Kier alpha value is -2.65. The number of hydrogen-bond donors (Lipinski definition) is 1. The molecule has 0 aliphatic carbocycles. The van der Waals surface area contributed by atoms with Crippen molar-refractivity contribution in [2.24, 2.45) is 0 Å². The molecule has 9 heteroatoms. The zero-order valence-electron chi connectivity index (χ0n) is 15.7. The third-order valence-corrected chi connectivity index (χ3v) is 6.92. The molecule has 0 spiro atoms. The van der Waals surface area contributed by atoms with Crippen molar-refractivity contribution in [2.75, 3.05) is 29.1 Å². The molecule has 0 atom stereocenters. The maximum atomic E-state index is 12.3. The summed E-state index contributed by atoms with van der Waals surface area (Å²) in [6, 6.07) is 12.6. The smallest absolute Gasteiger partial charge is 0.270 e. The number of rotatable bonds is 6. The second-order valence-electron chi connectivity index (χ2n) is 6.82. The summed E-state index contributed by atoms with van der Waals surface area (Å²) in [5, 5.41) is 13.8. The highest BCUT2D eigenvalue weighted by Gasteiger charge is 2.13. The molecule has 4 rings (SSSR count). The fourth-order valence-electron chi connectivity index (χ4n) is 3.30. The molecule has 1 N–H and O–H groups in total. The number of carbonyl (C=O) groups excluding carboxylic acids is 1. The maximum Gasteiger partial charge on any atom is 0.270 e. The predicted molar refractivity (Wildman–Crippen MR) is 118 cm³/mol. The Morgan fingerprint density at radius 2 is 1.93 bits per heavy atom. The quantitative estimate of drug-likeness (QED) is 0.340. The van der Waals surface area contributed by atoms with Gasteiger partial charge in [-0.05, 0) is 49.6 Å². The highest BCUT2D eigenvalue weighted by atomic mass is 32.2. The average Bonchev–Trinajstić information content (AvgIpc) is 3.15. The van der Waals surface area contributed by atoms with Crippen LogP contribution in [0.1, 0.15) is 19.3 Å². The van der Waals surface area contributed by atoms with Crippen LogP contribution < -0.4 is 10.2 Å². The van der Waals surface area contributed by atoms with Gasteiger partial charge in [-0.15, -0.1) is 11.3 Å². The summed E-state index contributed by atoms with van der Waals surface area (Å²) in [5.41, 5.74) is 2.72. The van der Waals surface area contributed by atoms with Crippen molar-refractivity contribution in [1.29, 1.82) is 0 Å². The van der Waals surface area contributed by atoms with Crippen molar-refractivity contribution in [3.05, 3.63) is 52.6 Å². The number of nitrogens with one attached hydrogen (secondary N) is 1. The number of non-ortho nitro benzene ring substituents is 1. The first-order valence-electron chi connectivity index (χ1n) is 9.41. The Kier molecular flexibility index (Phi) is 5.96. The van der Waals surface area contributed by atoms with Crippen molar-refractivity contribution >= 4 is 56.3 Å². The van der Waals surface area contributed by atoms with Crippen LogP contribution in [0.5, 0.6) is 0 Å². The first-order chi connectivity index (χ1) is 14.1. The minimum absolute atomic E-state index is 0.0449. The number of thioether (sulfide) groups is 1. The van der Waals surface area contributed by atoms with Crippen LogP contribution in [0.3, 0.4) is 0 Å². The Balaban J connectivity index is 1.32. The molecule has 0 bridgehead atoms. The van der Waals surface area contributed by atoms with E-state index in [0.717, 1.165) is 27.8 Å². The summed E-state index contributed by atoms with van der Waals surface area (Å²) in [5.74, 6) is 0.126. The summed E-state index contributed by atoms with van der Waals surface area (Å²) >= 11 is 2.69. The number of fused-ring (bicyclic) bond motifs is 1. The molecule has 1 fully saturated rings. The molecule has 1 amide bonds. The third-order valence-electron chi connectivity index (χ3n) is 4.76. The zero-order valence-corrected chi connectivity index (χ0v) is 17.3. The molecule has 3 aromatic rings. The molecule has 150 valence electrons. The summed E-state index contributed by atoms with van der Waals surface area (Å²) in [6.07, 6.45) is 3.76. The van der Waals surface area contributed by atoms with E-state index in [-0.39, 0.29) is 17.3 Å². The van der Waals surface area contributed by atoms with Crippen molar-refractivity contribution in [2.45, 2.75) is 23.6 Å². The second kappa shape index (κ2) is 8.79. The highest BCUT2D eigenvalue weighted by molar-refractivity contribution is 8.01. The van der Waals surface area contributed by atoms with Crippen molar-refractivity contribution in [3.8, 4) is 0 Å². The lowest BCUT2D eigenvalue weighted by atomic mass is 10.1. The topological polar surface area (TPSA) is 88.4 Å². The van der Waals surface area contributed by atoms with E-state index < -0.39 is 4.92 Å². The maximum absolute atomic E-state index is 12.3. The zero-order chi connectivity index (χ0) is 20.2. The molecule has 0 unspecified atom stereocenters. The van der Waals surface area contributed by atoms with Crippen LogP contribution in [-0.2, 0) is 4.79 Å². The monoisotopic (exact) mass is 428 g/mol. The minimum atomic E-state index is -0.421. The van der Waals surface area contributed by atoms with Gasteiger partial charge in [0.1, 0.15) is 0 Å². The first kappa shape index (κ1) is 19.7. The molecule has 1 aromatic heterocycles. The van der Waals surface area contributed by atoms with E-state index in [2.05, 4.69) is 27.3 Å². The molecular weight excluding hydrogens is 408 g/mol. The molecule has 1 aliphatic rings. The van der Waals surface area contributed by atoms with E-state index in [1.807, 2.05) is 12.1 Å². The predicted octanol–water partition coefficient (Wildman–Crippen LogP) is 4.93. The number of carbonyl (C=O) groups is 1. The number of anilines is 2. The molecule has 2 heterocycles. The van der Waals surface area contributed by atoms with Gasteiger partial charge >= 0.3 is 0 Å². The highest BCUT2D eigenvalue weighted by Crippen LogP contribution is 2.32. The fraction of sp³-hybridized carbons (Fsp3) is 0.300. The Morgan fingerprint density at radius 3 is 2.66 bits per heavy atom. The molecule has 0 saturated carbocycles. The van der Waals surface area contributed by atoms with Crippen molar-refractivity contribution < 1.29 is 9.72 Å². The van der Waals surface area contributed by atoms with Gasteiger partial charge in [-0.25, -0.2) is 4.98 Å². The number of benzene rings is 2. The standard InChI is InChI=1S/C20H20N4O3S2/c25-19(21-14-4-6-15(7-5-14)23-10-2-1-3-11-23)13-28-20-22-17-9-8-16(24(26)27)12-18(17)29-20/h4-9,12H,1-3,10-11,13H2,(H,21,25). The molecule has 7 nitrogen and oxygen atoms in total. The average molecular weight is 429 g/mol. The van der Waals surface area contributed by atoms with Crippen LogP contribution in [0.15, 0.2) is 46.8 Å². The number of hydrogen-bond acceptors (Lipinski definition) is 7. The van der Waals surface area contributed by atoms with Gasteiger partial charge in [0.05, 0.1) is 20.9 Å². The van der Waals surface area contributed by atoms with Gasteiger partial charge < -0.3 is 10.2 Å². The Bertz CT molecular complexity index is 1030. The minimum Gasteiger partial charge on any atom is -0.372 e. The lowest BCUT2D eigenvalue weighted by Crippen LogP contribution is -2.29. The van der Waals surface area contributed by atoms with Crippen LogP contribution in [0.25, 0.3) is 10.2 Å². The summed E-state index contributed by atoms with van der Waals surface area (Å²) in [4.78, 5) is 29.5. The van der Waals surface area contributed by atoms with Crippen LogP contribution in [0.2, 0.25) is 0 Å². The SMILES string of the molecule is O=C(CSc1nc2ccc([N+](=O)[O-])cc2s1)Nc1ccc(N2CCCCC2)cc1. The molecule has 1 aliphatic heterocycles. The van der Waals surface area contributed by atoms with Crippen LogP contribution >= 0.6 is 23.1 Å². The van der Waals surface area contributed by atoms with Gasteiger partial charge in [-0.2, -0.15) is 0 Å². The number of nitro benzene ring substituents is 1. The Labute approximate surface area is 176 Å². The van der Waals surface area contributed by atoms with Gasteiger partial charge in [-0.3, -0.25) is 14.9 Å². The van der Waals surface area contributed by atoms with Crippen molar-refractivity contribution in [1.82, 2.24) is 4.98 Å². The van der Waals surface area contributed by atoms with Crippen LogP contribution in [0, 0.1) is 10.1 Å². The van der Waals surface area contributed by atoms with Gasteiger partial charge in [0.25, 0.3) is 5.69 Å². The normalized spacial score (nSPS) is 14.1. The number of piperidine rings is 1. The molecule has 0 radical (unpaired) electrons. The number of nitro groups is 1. The lowest BCUT2D eigenvalue weighted by molar-refractivity contribution is -0.384. The van der Waals surface area contributed by atoms with Crippen molar-refractivity contribution in [3.63, 3.8) is 0 Å². The molecule has 29 heavy (non-hydrogen) atoms. The van der Waals surface area contributed by atoms with Gasteiger partial charge in [0, 0.05) is 36.6 Å². The summed E-state index contributed by atoms with van der Waals surface area (Å²) in [6.45, 7) is 2.18. The Morgan fingerprint density at radius 1 is 1.17 bits per heavy atom. The summed E-state index contributed by atoms with van der Waals surface area (Å²) in [7, 11) is 0. The van der Waals surface area contributed by atoms with E-state index in [1.54, 1.807) is 6.07 Å². The van der Waals surface area contributed by atoms with Gasteiger partial charge in [0.2, 0.25) is 5.91 Å². The fourth-order valence-corrected chi connectivity index (χ4v) is 5.20. The largest absolute Gasteiger partial charge is 0.372 e. The molecule has 1 saturated heterocycles. The van der Waals surface area contributed by atoms with E-state index in [0.29, 0.717) is 5.52 Å². The first-order valence-corrected chi connectivity index (χ1v) is 11.2. The number of thiazole rings is 1. The van der Waals surface area contributed by atoms with Crippen LogP contribution in [0.4, 0.5) is 17.1 Å². The molecular formula is C20H20N4O3S2. The van der Waals surface area contributed by atoms with E-state index in [1.165, 1.54) is 60.2 Å².